The number of benzene rings is 1. The van der Waals surface area contributed by atoms with Crippen molar-refractivity contribution in [2.24, 2.45) is 11.3 Å². The van der Waals surface area contributed by atoms with E-state index >= 15 is 0 Å². The van der Waals surface area contributed by atoms with Gasteiger partial charge in [-0.25, -0.2) is 0 Å². The van der Waals surface area contributed by atoms with Gasteiger partial charge in [0.2, 0.25) is 5.91 Å². The number of ether oxygens (including phenoxy) is 2. The standard InChI is InChI=1S/C28H39N3O5/c1-7-26-11-8-13-31-14-12-27(23(26)31)20-10-9-19(35-6)15-21(20)30(5)24(27)28(34,25(26)36-18(4)32)16-29-22(33)17(2)3/h8-11,15,17,23-25,34H,7,12-14,16H2,1-6H3,(H,29,33)/t23-,24+,25+,26+,27+,28-/m0/s1. The maximum absolute atomic E-state index is 12.9. The van der Waals surface area contributed by atoms with Gasteiger partial charge in [-0.2, -0.15) is 0 Å². The molecular weight excluding hydrogens is 458 g/mol. The lowest BCUT2D eigenvalue weighted by Crippen LogP contribution is -2.81. The number of methoxy groups -OCH3 is 1. The van der Waals surface area contributed by atoms with E-state index in [4.69, 9.17) is 9.47 Å². The molecule has 1 spiro atoms. The van der Waals surface area contributed by atoms with Crippen LogP contribution in [0.1, 0.15) is 46.1 Å². The number of fused-ring (bicyclic) bond motifs is 1. The highest BCUT2D eigenvalue weighted by atomic mass is 16.6. The fourth-order valence-electron chi connectivity index (χ4n) is 8.08. The van der Waals surface area contributed by atoms with Crippen LogP contribution in [0.15, 0.2) is 30.4 Å². The zero-order valence-electron chi connectivity index (χ0n) is 22.2. The summed E-state index contributed by atoms with van der Waals surface area (Å²) >= 11 is 0. The average Bonchev–Trinajstić information content (AvgIpc) is 3.36. The number of rotatable bonds is 6. The van der Waals surface area contributed by atoms with Crippen molar-refractivity contribution in [3.8, 4) is 5.75 Å². The normalized spacial score (nSPS) is 36.3. The first-order valence-electron chi connectivity index (χ1n) is 13.1. The van der Waals surface area contributed by atoms with E-state index in [0.717, 1.165) is 30.9 Å². The summed E-state index contributed by atoms with van der Waals surface area (Å²) in [5, 5.41) is 15.9. The van der Waals surface area contributed by atoms with Crippen LogP contribution in [-0.4, -0.2) is 79.5 Å². The Morgan fingerprint density at radius 1 is 1.28 bits per heavy atom. The van der Waals surface area contributed by atoms with Crippen LogP contribution in [0.3, 0.4) is 0 Å². The van der Waals surface area contributed by atoms with Crippen LogP contribution in [0.5, 0.6) is 5.75 Å². The average molecular weight is 498 g/mol. The quantitative estimate of drug-likeness (QED) is 0.460. The molecule has 8 nitrogen and oxygen atoms in total. The fraction of sp³-hybridized carbons (Fsp3) is 0.643. The van der Waals surface area contributed by atoms with Gasteiger partial charge in [0.15, 0.2) is 0 Å². The molecule has 6 atom stereocenters. The topological polar surface area (TPSA) is 91.3 Å². The Labute approximate surface area is 213 Å². The number of nitrogens with one attached hydrogen (secondary N) is 1. The van der Waals surface area contributed by atoms with E-state index in [1.165, 1.54) is 12.5 Å². The van der Waals surface area contributed by atoms with Gasteiger partial charge in [0.1, 0.15) is 17.5 Å². The summed E-state index contributed by atoms with van der Waals surface area (Å²) in [5.41, 5.74) is -0.368. The zero-order chi connectivity index (χ0) is 26.0. The second kappa shape index (κ2) is 8.48. The Morgan fingerprint density at radius 2 is 2.03 bits per heavy atom. The molecule has 4 aliphatic rings. The molecule has 8 heteroatoms. The molecule has 3 aliphatic heterocycles. The van der Waals surface area contributed by atoms with Crippen molar-refractivity contribution in [2.75, 3.05) is 38.7 Å². The molecule has 1 amide bonds. The summed E-state index contributed by atoms with van der Waals surface area (Å²) in [6, 6.07) is 5.80. The Kier molecular flexibility index (Phi) is 5.91. The lowest BCUT2D eigenvalue weighted by Gasteiger charge is -2.64. The number of hydrogen-bond donors (Lipinski definition) is 2. The van der Waals surface area contributed by atoms with Crippen molar-refractivity contribution in [1.82, 2.24) is 10.2 Å². The van der Waals surface area contributed by atoms with Crippen LogP contribution in [-0.2, 0) is 19.7 Å². The summed E-state index contributed by atoms with van der Waals surface area (Å²) in [4.78, 5) is 29.9. The first-order chi connectivity index (χ1) is 17.1. The molecule has 1 aromatic carbocycles. The third kappa shape index (κ3) is 3.13. The highest BCUT2D eigenvalue weighted by Crippen LogP contribution is 2.67. The number of esters is 1. The van der Waals surface area contributed by atoms with E-state index in [-0.39, 0.29) is 24.4 Å². The van der Waals surface area contributed by atoms with Gasteiger partial charge in [0, 0.05) is 55.1 Å². The predicted molar refractivity (Wildman–Crippen MR) is 137 cm³/mol. The Bertz CT molecular complexity index is 1100. The second-order valence-corrected chi connectivity index (χ2v) is 11.3. The third-order valence-electron chi connectivity index (χ3n) is 9.29. The molecule has 2 N–H and O–H groups in total. The van der Waals surface area contributed by atoms with Gasteiger partial charge in [0.25, 0.3) is 0 Å². The van der Waals surface area contributed by atoms with Gasteiger partial charge >= 0.3 is 5.97 Å². The van der Waals surface area contributed by atoms with Gasteiger partial charge in [0.05, 0.1) is 19.7 Å². The van der Waals surface area contributed by atoms with Gasteiger partial charge in [-0.15, -0.1) is 0 Å². The lowest BCUT2D eigenvalue weighted by atomic mass is 9.47. The fourth-order valence-corrected chi connectivity index (χ4v) is 8.08. The molecule has 2 fully saturated rings. The predicted octanol–water partition coefficient (Wildman–Crippen LogP) is 2.24. The Hall–Kier alpha value is -2.58. The summed E-state index contributed by atoms with van der Waals surface area (Å²) in [6.07, 6.45) is 5.05. The van der Waals surface area contributed by atoms with Crippen LogP contribution < -0.4 is 15.0 Å². The van der Waals surface area contributed by atoms with Crippen LogP contribution in [0.2, 0.25) is 0 Å². The summed E-state index contributed by atoms with van der Waals surface area (Å²) in [5.74, 6) is -0.0504. The molecule has 1 saturated carbocycles. The maximum atomic E-state index is 12.9. The van der Waals surface area contributed by atoms with Gasteiger partial charge in [-0.1, -0.05) is 39.0 Å². The molecule has 1 saturated heterocycles. The van der Waals surface area contributed by atoms with E-state index in [2.05, 4.69) is 40.3 Å². The van der Waals surface area contributed by atoms with E-state index in [9.17, 15) is 14.7 Å². The second-order valence-electron chi connectivity index (χ2n) is 11.3. The van der Waals surface area contributed by atoms with E-state index < -0.39 is 34.5 Å². The molecule has 0 unspecified atom stereocenters. The number of likely N-dealkylation sites (N-methyl/N-ethyl adjacent to an activating group) is 1. The van der Waals surface area contributed by atoms with Crippen LogP contribution >= 0.6 is 0 Å². The largest absolute Gasteiger partial charge is 0.497 e. The Morgan fingerprint density at radius 3 is 2.67 bits per heavy atom. The SMILES string of the molecule is CC[C@]12C=CCN3CC[C@@]4(c5ccc(OC)cc5N(C)[C@H]4[C@@](O)(CNC(=O)C(C)C)[C@@H]1OC(C)=O)[C@@H]32. The van der Waals surface area contributed by atoms with Crippen LogP contribution in [0.25, 0.3) is 0 Å². The van der Waals surface area contributed by atoms with E-state index in [1.54, 1.807) is 7.11 Å². The van der Waals surface area contributed by atoms with Crippen LogP contribution in [0.4, 0.5) is 5.69 Å². The van der Waals surface area contributed by atoms with Gasteiger partial charge in [-0.3, -0.25) is 14.5 Å². The monoisotopic (exact) mass is 497 g/mol. The smallest absolute Gasteiger partial charge is 0.303 e. The number of aliphatic hydroxyl groups is 1. The van der Waals surface area contributed by atoms with Crippen molar-refractivity contribution in [3.63, 3.8) is 0 Å². The maximum Gasteiger partial charge on any atom is 0.303 e. The number of anilines is 1. The van der Waals surface area contributed by atoms with Crippen molar-refractivity contribution in [2.45, 2.75) is 69.7 Å². The Balaban J connectivity index is 1.77. The summed E-state index contributed by atoms with van der Waals surface area (Å²) in [7, 11) is 3.65. The molecule has 1 aliphatic carbocycles. The van der Waals surface area contributed by atoms with Crippen molar-refractivity contribution in [1.29, 1.82) is 0 Å². The first-order valence-corrected chi connectivity index (χ1v) is 13.1. The molecule has 0 bridgehead atoms. The minimum Gasteiger partial charge on any atom is -0.497 e. The lowest BCUT2D eigenvalue weighted by molar-refractivity contribution is -0.217. The molecule has 5 rings (SSSR count). The molecule has 196 valence electrons. The number of nitrogens with zero attached hydrogens (tertiary/aromatic N) is 2. The van der Waals surface area contributed by atoms with Crippen molar-refractivity contribution >= 4 is 17.6 Å². The van der Waals surface area contributed by atoms with Crippen molar-refractivity contribution in [3.05, 3.63) is 35.9 Å². The minimum atomic E-state index is -1.54. The number of hydrogen-bond acceptors (Lipinski definition) is 7. The zero-order valence-corrected chi connectivity index (χ0v) is 22.2. The summed E-state index contributed by atoms with van der Waals surface area (Å²) in [6.45, 7) is 8.87. The number of carbonyl (C=O) groups excluding carboxylic acids is 2. The first kappa shape index (κ1) is 25.1. The van der Waals surface area contributed by atoms with Gasteiger partial charge in [-0.05, 0) is 31.0 Å². The third-order valence-corrected chi connectivity index (χ3v) is 9.29. The molecule has 3 heterocycles. The molecule has 0 aromatic heterocycles. The molecule has 0 radical (unpaired) electrons. The van der Waals surface area contributed by atoms with Gasteiger partial charge < -0.3 is 24.8 Å². The van der Waals surface area contributed by atoms with E-state index in [1.807, 2.05) is 33.0 Å². The highest BCUT2D eigenvalue weighted by molar-refractivity contribution is 5.78. The van der Waals surface area contributed by atoms with E-state index in [0.29, 0.717) is 6.42 Å². The number of amides is 1. The van der Waals surface area contributed by atoms with Crippen LogP contribution in [0, 0.1) is 11.3 Å². The summed E-state index contributed by atoms with van der Waals surface area (Å²) < 4.78 is 11.7. The minimum absolute atomic E-state index is 0.00779. The molecule has 1 aromatic rings. The number of carbonyl (C=O) groups is 2. The molecule has 36 heavy (non-hydrogen) atoms. The highest BCUT2D eigenvalue weighted by Gasteiger charge is 2.77. The molecular formula is C28H39N3O5. The van der Waals surface area contributed by atoms with Crippen molar-refractivity contribution < 1.29 is 24.2 Å².